The van der Waals surface area contributed by atoms with Gasteiger partial charge in [-0.3, -0.25) is 19.3 Å². The Kier molecular flexibility index (Phi) is 4.63. The largest absolute Gasteiger partial charge is 0.494 e. The van der Waals surface area contributed by atoms with Crippen molar-refractivity contribution in [2.24, 2.45) is 4.99 Å². The molecule has 0 amide bonds. The topological polar surface area (TPSA) is 70.4 Å². The maximum atomic E-state index is 12.2. The molecule has 0 radical (unpaired) electrons. The lowest BCUT2D eigenvalue weighted by molar-refractivity contribution is 0.432. The summed E-state index contributed by atoms with van der Waals surface area (Å²) < 4.78 is 1.55. The number of aromatic nitrogens is 2. The van der Waals surface area contributed by atoms with Gasteiger partial charge in [0, 0.05) is 6.21 Å². The number of aromatic amines is 1. The van der Waals surface area contributed by atoms with Crippen molar-refractivity contribution in [1.82, 2.24) is 9.55 Å². The van der Waals surface area contributed by atoms with Gasteiger partial charge >= 0.3 is 0 Å². The van der Waals surface area contributed by atoms with Crippen LogP contribution >= 0.6 is 12.2 Å². The number of nitrogens with one attached hydrogen (secondary N) is 1. The molecule has 0 saturated carbocycles. The van der Waals surface area contributed by atoms with E-state index in [2.05, 4.69) is 9.98 Å². The molecule has 3 aromatic rings. The molecule has 0 fully saturated rings. The molecule has 0 atom stereocenters. The van der Waals surface area contributed by atoms with Gasteiger partial charge in [-0.05, 0) is 55.4 Å². The first-order valence-electron chi connectivity index (χ1n) is 7.72. The van der Waals surface area contributed by atoms with Crippen LogP contribution in [0.3, 0.4) is 0 Å². The first-order valence-corrected chi connectivity index (χ1v) is 8.13. The van der Waals surface area contributed by atoms with E-state index < -0.39 is 5.56 Å². The molecule has 0 aliphatic heterocycles. The van der Waals surface area contributed by atoms with Crippen molar-refractivity contribution >= 4 is 24.1 Å². The first-order chi connectivity index (χ1) is 12.0. The fourth-order valence-corrected chi connectivity index (χ4v) is 2.79. The van der Waals surface area contributed by atoms with Crippen molar-refractivity contribution in [2.75, 3.05) is 0 Å². The van der Waals surface area contributed by atoms with E-state index in [0.29, 0.717) is 5.69 Å². The Hall–Kier alpha value is -2.99. The van der Waals surface area contributed by atoms with Crippen molar-refractivity contribution in [3.8, 4) is 11.6 Å². The fourth-order valence-electron chi connectivity index (χ4n) is 2.50. The number of H-pyrrole nitrogens is 1. The van der Waals surface area contributed by atoms with Crippen molar-refractivity contribution in [2.45, 2.75) is 13.8 Å². The highest BCUT2D eigenvalue weighted by molar-refractivity contribution is 7.71. The molecule has 1 heterocycles. The van der Waals surface area contributed by atoms with Gasteiger partial charge in [0.15, 0.2) is 4.77 Å². The second-order valence-corrected chi connectivity index (χ2v) is 6.10. The van der Waals surface area contributed by atoms with Gasteiger partial charge in [-0.25, -0.2) is 0 Å². The van der Waals surface area contributed by atoms with Gasteiger partial charge in [-0.2, -0.15) is 0 Å². The van der Waals surface area contributed by atoms with E-state index in [4.69, 9.17) is 12.2 Å². The Balaban J connectivity index is 2.16. The number of hydrogen-bond donors (Lipinski definition) is 2. The maximum absolute atomic E-state index is 12.2. The summed E-state index contributed by atoms with van der Waals surface area (Å²) in [5, 5.41) is 10.6. The third kappa shape index (κ3) is 3.44. The molecule has 126 valence electrons. The van der Waals surface area contributed by atoms with Crippen LogP contribution in [0.25, 0.3) is 5.69 Å². The van der Waals surface area contributed by atoms with Crippen molar-refractivity contribution in [1.29, 1.82) is 0 Å². The van der Waals surface area contributed by atoms with Crippen molar-refractivity contribution in [3.05, 3.63) is 80.3 Å². The van der Waals surface area contributed by atoms with Gasteiger partial charge in [-0.1, -0.05) is 30.3 Å². The molecular formula is C19H17N3O2S. The number of aryl methyl sites for hydroxylation is 2. The molecule has 0 aliphatic carbocycles. The number of hydrogen-bond acceptors (Lipinski definition) is 4. The lowest BCUT2D eigenvalue weighted by Crippen LogP contribution is -2.18. The zero-order chi connectivity index (χ0) is 18.0. The Morgan fingerprint density at radius 3 is 2.64 bits per heavy atom. The molecule has 0 unspecified atom stereocenters. The molecule has 6 heteroatoms. The molecular weight excluding hydrogens is 334 g/mol. The van der Waals surface area contributed by atoms with E-state index in [1.807, 2.05) is 62.4 Å². The standard InChI is InChI=1S/C19H17N3O2S/c1-12-6-5-8-14(10-12)22-18(24)15(17(23)21-19(22)25)11-20-16-9-4-3-7-13(16)2/h3-11,24H,1-2H3,(H,21,23,25). The van der Waals surface area contributed by atoms with Gasteiger partial charge in [0.2, 0.25) is 5.88 Å². The second-order valence-electron chi connectivity index (χ2n) is 5.72. The van der Waals surface area contributed by atoms with Gasteiger partial charge in [0.1, 0.15) is 5.56 Å². The van der Waals surface area contributed by atoms with Crippen LogP contribution in [0.1, 0.15) is 16.7 Å². The van der Waals surface area contributed by atoms with E-state index >= 15 is 0 Å². The molecule has 0 spiro atoms. The van der Waals surface area contributed by atoms with E-state index in [0.717, 1.165) is 16.8 Å². The Labute approximate surface area is 149 Å². The first kappa shape index (κ1) is 16.9. The second kappa shape index (κ2) is 6.86. The third-order valence-corrected chi connectivity index (χ3v) is 4.11. The van der Waals surface area contributed by atoms with Crippen LogP contribution in [-0.4, -0.2) is 20.9 Å². The Bertz CT molecular complexity index is 1080. The SMILES string of the molecule is Cc1cccc(-n2c(O)c(C=Nc3ccccc3C)c(=O)[nH]c2=S)c1. The lowest BCUT2D eigenvalue weighted by atomic mass is 10.2. The van der Waals surface area contributed by atoms with Crippen LogP contribution in [0, 0.1) is 18.6 Å². The van der Waals surface area contributed by atoms with E-state index in [9.17, 15) is 9.90 Å². The van der Waals surface area contributed by atoms with Crippen LogP contribution in [0.4, 0.5) is 5.69 Å². The molecule has 5 nitrogen and oxygen atoms in total. The summed E-state index contributed by atoms with van der Waals surface area (Å²) in [6.07, 6.45) is 1.36. The highest BCUT2D eigenvalue weighted by atomic mass is 32.1. The molecule has 25 heavy (non-hydrogen) atoms. The van der Waals surface area contributed by atoms with Crippen LogP contribution in [0.2, 0.25) is 0 Å². The molecule has 2 aromatic carbocycles. The summed E-state index contributed by atoms with van der Waals surface area (Å²) in [4.78, 5) is 19.1. The Morgan fingerprint density at radius 2 is 1.92 bits per heavy atom. The van der Waals surface area contributed by atoms with Crippen LogP contribution in [0.15, 0.2) is 58.3 Å². The normalized spacial score (nSPS) is 11.1. The molecule has 3 rings (SSSR count). The van der Waals surface area contributed by atoms with E-state index in [1.54, 1.807) is 0 Å². The lowest BCUT2D eigenvalue weighted by Gasteiger charge is -2.11. The summed E-state index contributed by atoms with van der Waals surface area (Å²) in [7, 11) is 0. The minimum absolute atomic E-state index is 0.0540. The maximum Gasteiger partial charge on any atom is 0.264 e. The number of rotatable bonds is 3. The number of nitrogens with zero attached hydrogens (tertiary/aromatic N) is 2. The predicted molar refractivity (Wildman–Crippen MR) is 102 cm³/mol. The summed E-state index contributed by atoms with van der Waals surface area (Å²) in [5.74, 6) is -0.239. The Morgan fingerprint density at radius 1 is 1.16 bits per heavy atom. The zero-order valence-corrected chi connectivity index (χ0v) is 14.7. The number of aliphatic imine (C=N–C) groups is 1. The molecule has 0 aliphatic rings. The zero-order valence-electron chi connectivity index (χ0n) is 13.9. The quantitative estimate of drug-likeness (QED) is 0.554. The van der Waals surface area contributed by atoms with Crippen molar-refractivity contribution < 1.29 is 5.11 Å². The average molecular weight is 351 g/mol. The number of para-hydroxylation sites is 1. The summed E-state index contributed by atoms with van der Waals surface area (Å²) in [6, 6.07) is 15.0. The van der Waals surface area contributed by atoms with Crippen LogP contribution in [0.5, 0.6) is 5.88 Å². The number of aromatic hydroxyl groups is 1. The van der Waals surface area contributed by atoms with Gasteiger partial charge in [0.05, 0.1) is 11.4 Å². The molecule has 2 N–H and O–H groups in total. The van der Waals surface area contributed by atoms with Gasteiger partial charge in [0.25, 0.3) is 5.56 Å². The van der Waals surface area contributed by atoms with E-state index in [-0.39, 0.29) is 16.2 Å². The van der Waals surface area contributed by atoms with Crippen LogP contribution in [-0.2, 0) is 0 Å². The van der Waals surface area contributed by atoms with Crippen LogP contribution < -0.4 is 5.56 Å². The molecule has 0 saturated heterocycles. The molecule has 0 bridgehead atoms. The highest BCUT2D eigenvalue weighted by Crippen LogP contribution is 2.21. The monoisotopic (exact) mass is 351 g/mol. The fraction of sp³-hybridized carbons (Fsp3) is 0.105. The smallest absolute Gasteiger partial charge is 0.264 e. The minimum Gasteiger partial charge on any atom is -0.494 e. The van der Waals surface area contributed by atoms with Gasteiger partial charge < -0.3 is 5.11 Å². The third-order valence-electron chi connectivity index (χ3n) is 3.83. The highest BCUT2D eigenvalue weighted by Gasteiger charge is 2.12. The number of benzene rings is 2. The predicted octanol–water partition coefficient (Wildman–Crippen LogP) is 3.97. The molecule has 1 aromatic heterocycles. The average Bonchev–Trinajstić information content (AvgIpc) is 2.56. The summed E-state index contributed by atoms with van der Waals surface area (Å²) in [6.45, 7) is 3.87. The summed E-state index contributed by atoms with van der Waals surface area (Å²) >= 11 is 5.21. The van der Waals surface area contributed by atoms with Crippen molar-refractivity contribution in [3.63, 3.8) is 0 Å². The summed E-state index contributed by atoms with van der Waals surface area (Å²) in [5.41, 5.74) is 2.96. The minimum atomic E-state index is -0.483. The van der Waals surface area contributed by atoms with E-state index in [1.165, 1.54) is 10.8 Å². The van der Waals surface area contributed by atoms with Gasteiger partial charge in [-0.15, -0.1) is 0 Å².